The van der Waals surface area contributed by atoms with Crippen LogP contribution in [-0.2, 0) is 4.74 Å². The maximum Gasteiger partial charge on any atom is 0.184 e. The summed E-state index contributed by atoms with van der Waals surface area (Å²) in [5.74, 6) is 0. The summed E-state index contributed by atoms with van der Waals surface area (Å²) in [7, 11) is 0. The lowest BCUT2D eigenvalue weighted by Crippen LogP contribution is -2.28. The van der Waals surface area contributed by atoms with Crippen molar-refractivity contribution in [1.29, 1.82) is 5.26 Å². The van der Waals surface area contributed by atoms with E-state index in [0.29, 0.717) is 6.42 Å². The minimum absolute atomic E-state index is 0.0417. The second kappa shape index (κ2) is 3.87. The molecule has 0 fully saturated rings. The van der Waals surface area contributed by atoms with Crippen LogP contribution in [0.3, 0.4) is 0 Å². The van der Waals surface area contributed by atoms with E-state index in [-0.39, 0.29) is 6.23 Å². The summed E-state index contributed by atoms with van der Waals surface area (Å²) in [4.78, 5) is 2.04. The maximum atomic E-state index is 8.43. The van der Waals surface area contributed by atoms with Crippen LogP contribution in [0.1, 0.15) is 19.8 Å². The van der Waals surface area contributed by atoms with Crippen molar-refractivity contribution in [1.82, 2.24) is 4.90 Å². The highest BCUT2D eigenvalue weighted by molar-refractivity contribution is 4.90. The van der Waals surface area contributed by atoms with Crippen LogP contribution in [0.4, 0.5) is 0 Å². The van der Waals surface area contributed by atoms with E-state index in [4.69, 9.17) is 10.00 Å². The lowest BCUT2D eigenvalue weighted by atomic mass is 10.3. The third kappa shape index (κ3) is 1.87. The predicted molar refractivity (Wildman–Crippen MR) is 41.2 cm³/mol. The van der Waals surface area contributed by atoms with E-state index in [2.05, 4.69) is 13.0 Å². The van der Waals surface area contributed by atoms with E-state index >= 15 is 0 Å². The summed E-state index contributed by atoms with van der Waals surface area (Å²) < 4.78 is 5.18. The molecule has 0 saturated heterocycles. The molecule has 1 aliphatic heterocycles. The summed E-state index contributed by atoms with van der Waals surface area (Å²) >= 11 is 0. The average molecular weight is 152 g/mol. The first kappa shape index (κ1) is 7.93. The van der Waals surface area contributed by atoms with Crippen molar-refractivity contribution in [3.63, 3.8) is 0 Å². The standard InChI is InChI=1S/C8H12N2O/c1-2-5-10-6-7-11-8(10)3-4-9/h6-8H,2-3,5H2,1H3. The Labute approximate surface area is 66.9 Å². The second-order valence-corrected chi connectivity index (χ2v) is 2.48. The zero-order valence-electron chi connectivity index (χ0n) is 6.66. The average Bonchev–Trinajstić information content (AvgIpc) is 2.39. The van der Waals surface area contributed by atoms with Crippen LogP contribution >= 0.6 is 0 Å². The van der Waals surface area contributed by atoms with Gasteiger partial charge in [0.25, 0.3) is 0 Å². The van der Waals surface area contributed by atoms with Crippen LogP contribution in [0.5, 0.6) is 0 Å². The Kier molecular flexibility index (Phi) is 2.79. The van der Waals surface area contributed by atoms with Gasteiger partial charge in [0.2, 0.25) is 0 Å². The molecule has 60 valence electrons. The number of rotatable bonds is 3. The van der Waals surface area contributed by atoms with Crippen molar-refractivity contribution >= 4 is 0 Å². The van der Waals surface area contributed by atoms with E-state index in [9.17, 15) is 0 Å². The van der Waals surface area contributed by atoms with Crippen LogP contribution < -0.4 is 0 Å². The molecule has 0 aromatic rings. The summed E-state index contributed by atoms with van der Waals surface area (Å²) in [5.41, 5.74) is 0. The molecular formula is C8H12N2O. The zero-order valence-corrected chi connectivity index (χ0v) is 6.66. The molecule has 0 aliphatic carbocycles. The van der Waals surface area contributed by atoms with E-state index in [1.54, 1.807) is 6.26 Å². The van der Waals surface area contributed by atoms with Gasteiger partial charge >= 0.3 is 0 Å². The Morgan fingerprint density at radius 3 is 3.18 bits per heavy atom. The molecule has 11 heavy (non-hydrogen) atoms. The predicted octanol–water partition coefficient (Wildman–Crippen LogP) is 1.44. The van der Waals surface area contributed by atoms with Crippen LogP contribution in [0.2, 0.25) is 0 Å². The largest absolute Gasteiger partial charge is 0.476 e. The third-order valence-electron chi connectivity index (χ3n) is 1.61. The van der Waals surface area contributed by atoms with Crippen molar-refractivity contribution in [2.24, 2.45) is 0 Å². The first-order valence-electron chi connectivity index (χ1n) is 3.83. The van der Waals surface area contributed by atoms with Crippen molar-refractivity contribution in [2.45, 2.75) is 26.0 Å². The highest BCUT2D eigenvalue weighted by atomic mass is 16.5. The van der Waals surface area contributed by atoms with E-state index in [1.165, 1.54) is 0 Å². The molecule has 0 aromatic heterocycles. The Bertz CT molecular complexity index is 183. The van der Waals surface area contributed by atoms with Gasteiger partial charge in [0.1, 0.15) is 6.26 Å². The first-order valence-corrected chi connectivity index (χ1v) is 3.83. The minimum Gasteiger partial charge on any atom is -0.476 e. The smallest absolute Gasteiger partial charge is 0.184 e. The molecule has 0 N–H and O–H groups in total. The molecule has 0 spiro atoms. The Morgan fingerprint density at radius 1 is 1.73 bits per heavy atom. The third-order valence-corrected chi connectivity index (χ3v) is 1.61. The summed E-state index contributed by atoms with van der Waals surface area (Å²) in [6, 6.07) is 2.09. The molecule has 1 aliphatic rings. The van der Waals surface area contributed by atoms with Gasteiger partial charge in [0.05, 0.1) is 12.5 Å². The number of nitriles is 1. The van der Waals surface area contributed by atoms with Gasteiger partial charge in [-0.25, -0.2) is 0 Å². The normalized spacial score (nSPS) is 21.5. The van der Waals surface area contributed by atoms with E-state index in [1.807, 2.05) is 11.1 Å². The maximum absolute atomic E-state index is 8.43. The fourth-order valence-electron chi connectivity index (χ4n) is 1.10. The topological polar surface area (TPSA) is 36.3 Å². The molecule has 0 amide bonds. The Balaban J connectivity index is 2.37. The van der Waals surface area contributed by atoms with Gasteiger partial charge in [0.15, 0.2) is 6.23 Å². The van der Waals surface area contributed by atoms with Gasteiger partial charge in [-0.15, -0.1) is 0 Å². The Morgan fingerprint density at radius 2 is 2.55 bits per heavy atom. The van der Waals surface area contributed by atoms with Crippen molar-refractivity contribution in [3.8, 4) is 6.07 Å². The van der Waals surface area contributed by atoms with E-state index < -0.39 is 0 Å². The molecule has 1 unspecified atom stereocenters. The van der Waals surface area contributed by atoms with Gasteiger partial charge in [-0.3, -0.25) is 0 Å². The monoisotopic (exact) mass is 152 g/mol. The highest BCUT2D eigenvalue weighted by Gasteiger charge is 2.18. The summed E-state index contributed by atoms with van der Waals surface area (Å²) in [6.45, 7) is 3.07. The molecule has 1 rings (SSSR count). The van der Waals surface area contributed by atoms with Crippen LogP contribution in [0, 0.1) is 11.3 Å². The number of hydrogen-bond acceptors (Lipinski definition) is 3. The van der Waals surface area contributed by atoms with Gasteiger partial charge < -0.3 is 9.64 Å². The molecule has 0 saturated carbocycles. The SMILES string of the molecule is CCCN1C=COC1CC#N. The molecule has 0 bridgehead atoms. The first-order chi connectivity index (χ1) is 5.38. The van der Waals surface area contributed by atoms with Gasteiger partial charge in [-0.2, -0.15) is 5.26 Å². The van der Waals surface area contributed by atoms with Crippen molar-refractivity contribution in [3.05, 3.63) is 12.5 Å². The highest BCUT2D eigenvalue weighted by Crippen LogP contribution is 2.13. The second-order valence-electron chi connectivity index (χ2n) is 2.48. The van der Waals surface area contributed by atoms with Crippen molar-refractivity contribution < 1.29 is 4.74 Å². The molecule has 3 nitrogen and oxygen atoms in total. The van der Waals surface area contributed by atoms with Crippen LogP contribution in [0.15, 0.2) is 12.5 Å². The lowest BCUT2D eigenvalue weighted by Gasteiger charge is -2.20. The molecule has 0 aromatic carbocycles. The van der Waals surface area contributed by atoms with Crippen LogP contribution in [-0.4, -0.2) is 17.7 Å². The fourth-order valence-corrected chi connectivity index (χ4v) is 1.10. The fraction of sp³-hybridized carbons (Fsp3) is 0.625. The van der Waals surface area contributed by atoms with Crippen molar-refractivity contribution in [2.75, 3.05) is 6.54 Å². The summed E-state index contributed by atoms with van der Waals surface area (Å²) in [5, 5.41) is 8.43. The minimum atomic E-state index is -0.0417. The molecular weight excluding hydrogens is 140 g/mol. The number of hydrogen-bond donors (Lipinski definition) is 0. The quantitative estimate of drug-likeness (QED) is 0.614. The van der Waals surface area contributed by atoms with Gasteiger partial charge in [-0.05, 0) is 6.42 Å². The summed E-state index contributed by atoms with van der Waals surface area (Å²) in [6.07, 6.45) is 5.02. The van der Waals surface area contributed by atoms with Crippen LogP contribution in [0.25, 0.3) is 0 Å². The molecule has 1 heterocycles. The number of ether oxygens (including phenoxy) is 1. The molecule has 0 radical (unpaired) electrons. The molecule has 3 heteroatoms. The van der Waals surface area contributed by atoms with Gasteiger partial charge in [0, 0.05) is 12.7 Å². The number of nitrogens with zero attached hydrogens (tertiary/aromatic N) is 2. The van der Waals surface area contributed by atoms with E-state index in [0.717, 1.165) is 13.0 Å². The zero-order chi connectivity index (χ0) is 8.10. The lowest BCUT2D eigenvalue weighted by molar-refractivity contribution is 0.0619. The molecule has 1 atom stereocenters. The Hall–Kier alpha value is -1.17. The van der Waals surface area contributed by atoms with Gasteiger partial charge in [-0.1, -0.05) is 6.92 Å².